The number of ether oxygens (including phenoxy) is 2. The maximum Gasteiger partial charge on any atom is 0.407 e. The van der Waals surface area contributed by atoms with Crippen molar-refractivity contribution in [1.82, 2.24) is 40.4 Å². The number of rotatable bonds is 13. The number of hydrogen-bond acceptors (Lipinski definition) is 8. The highest BCUT2D eigenvalue weighted by Crippen LogP contribution is 2.58. The molecule has 67 heavy (non-hydrogen) atoms. The van der Waals surface area contributed by atoms with Crippen molar-refractivity contribution in [1.29, 1.82) is 0 Å². The van der Waals surface area contributed by atoms with Crippen molar-refractivity contribution in [3.8, 4) is 33.5 Å². The van der Waals surface area contributed by atoms with E-state index in [9.17, 15) is 19.2 Å². The van der Waals surface area contributed by atoms with Crippen molar-refractivity contribution in [2.75, 3.05) is 20.8 Å². The summed E-state index contributed by atoms with van der Waals surface area (Å²) in [5.74, 6) is 2.49. The van der Waals surface area contributed by atoms with Gasteiger partial charge in [0.2, 0.25) is 11.8 Å². The fourth-order valence-electron chi connectivity index (χ4n) is 11.6. The monoisotopic (exact) mass is 911 g/mol. The lowest BCUT2D eigenvalue weighted by atomic mass is 9.81. The lowest BCUT2D eigenvalue weighted by molar-refractivity contribution is -0.137. The Labute approximate surface area is 393 Å². The molecule has 5 aromatic rings. The lowest BCUT2D eigenvalue weighted by Crippen LogP contribution is -2.52. The number of methoxy groups -OCH3 is 2. The Morgan fingerprint density at radius 2 is 1.39 bits per heavy atom. The normalized spacial score (nSPS) is 23.4. The number of aromatic amines is 2. The van der Waals surface area contributed by atoms with Crippen LogP contribution >= 0.6 is 0 Å². The van der Waals surface area contributed by atoms with Crippen LogP contribution in [0.2, 0.25) is 0 Å². The molecule has 4 heterocycles. The van der Waals surface area contributed by atoms with E-state index in [1.54, 1.807) is 0 Å². The Balaban J connectivity index is 0.961. The van der Waals surface area contributed by atoms with Crippen LogP contribution in [0.1, 0.15) is 140 Å². The Morgan fingerprint density at radius 1 is 0.746 bits per heavy atom. The number of hydrogen-bond donors (Lipinski definition) is 4. The number of fused-ring (bicyclic) bond motifs is 6. The van der Waals surface area contributed by atoms with Crippen LogP contribution in [-0.2, 0) is 19.1 Å². The molecule has 9 atom stereocenters. The average Bonchev–Trinajstić information content (AvgIpc) is 4.22. The first-order valence-electron chi connectivity index (χ1n) is 24.5. The van der Waals surface area contributed by atoms with Crippen LogP contribution in [-0.4, -0.2) is 92.6 Å². The zero-order valence-electron chi connectivity index (χ0n) is 40.1. The second kappa shape index (κ2) is 18.8. The highest BCUT2D eigenvalue weighted by atomic mass is 16.5. The third-order valence-electron chi connectivity index (χ3n) is 15.6. The summed E-state index contributed by atoms with van der Waals surface area (Å²) >= 11 is 0. The van der Waals surface area contributed by atoms with Gasteiger partial charge in [-0.1, -0.05) is 89.9 Å². The first-order valence-corrected chi connectivity index (χ1v) is 24.5. The highest BCUT2D eigenvalue weighted by molar-refractivity contribution is 5.89. The number of H-pyrrole nitrogens is 2. The first-order chi connectivity index (χ1) is 32.3. The minimum atomic E-state index is -0.704. The number of nitrogens with zero attached hydrogens (tertiary/aromatic N) is 4. The third kappa shape index (κ3) is 8.56. The molecule has 354 valence electrons. The predicted octanol–water partition coefficient (Wildman–Crippen LogP) is 10.2. The van der Waals surface area contributed by atoms with Gasteiger partial charge in [-0.3, -0.25) is 9.59 Å². The van der Waals surface area contributed by atoms with Gasteiger partial charge >= 0.3 is 12.2 Å². The van der Waals surface area contributed by atoms with E-state index in [1.807, 2.05) is 43.7 Å². The van der Waals surface area contributed by atoms with Crippen LogP contribution in [0.5, 0.6) is 0 Å². The Morgan fingerprint density at radius 3 is 2.03 bits per heavy atom. The van der Waals surface area contributed by atoms with Crippen molar-refractivity contribution < 1.29 is 28.7 Å². The molecular weight excluding hydrogens is 845 g/mol. The first kappa shape index (κ1) is 46.0. The molecule has 0 spiro atoms. The van der Waals surface area contributed by atoms with Crippen molar-refractivity contribution in [2.24, 2.45) is 17.8 Å². The van der Waals surface area contributed by atoms with Gasteiger partial charge in [-0.15, -0.1) is 0 Å². The van der Waals surface area contributed by atoms with E-state index in [0.29, 0.717) is 24.3 Å². The Kier molecular flexibility index (Phi) is 12.9. The number of likely N-dealkylation sites (tertiary alicyclic amines) is 2. The fourth-order valence-corrected chi connectivity index (χ4v) is 11.6. The Bertz CT molecular complexity index is 2650. The zero-order chi connectivity index (χ0) is 47.3. The summed E-state index contributed by atoms with van der Waals surface area (Å²) in [5, 5.41) is 5.57. The van der Waals surface area contributed by atoms with Gasteiger partial charge in [0.1, 0.15) is 23.7 Å². The van der Waals surface area contributed by atoms with Crippen LogP contribution in [0.3, 0.4) is 0 Å². The van der Waals surface area contributed by atoms with Crippen molar-refractivity contribution >= 4 is 35.0 Å². The van der Waals surface area contributed by atoms with E-state index >= 15 is 0 Å². The molecule has 2 aliphatic carbocycles. The maximum absolute atomic E-state index is 14.1. The second-order valence-electron chi connectivity index (χ2n) is 19.9. The van der Waals surface area contributed by atoms with Gasteiger partial charge in [0.25, 0.3) is 0 Å². The number of imidazole rings is 2. The topological polar surface area (TPSA) is 175 Å². The summed E-state index contributed by atoms with van der Waals surface area (Å²) in [7, 11) is 2.63. The minimum absolute atomic E-state index is 0.00101. The Hall–Kier alpha value is -6.18. The fraction of sp³-hybridized carbons (Fsp3) is 0.509. The summed E-state index contributed by atoms with van der Waals surface area (Å²) < 4.78 is 9.73. The van der Waals surface area contributed by atoms with Gasteiger partial charge in [0, 0.05) is 12.6 Å². The molecule has 2 saturated heterocycles. The van der Waals surface area contributed by atoms with Crippen LogP contribution in [0.15, 0.2) is 60.8 Å². The molecular formula is C53H66N8O6. The van der Waals surface area contributed by atoms with Gasteiger partial charge < -0.3 is 39.9 Å². The van der Waals surface area contributed by atoms with E-state index in [1.165, 1.54) is 61.3 Å². The molecule has 9 rings (SSSR count). The smallest absolute Gasteiger partial charge is 0.407 e. The van der Waals surface area contributed by atoms with E-state index < -0.39 is 24.3 Å². The molecule has 2 bridgehead atoms. The molecule has 0 radical (unpaired) electrons. The molecule has 4 aliphatic rings. The largest absolute Gasteiger partial charge is 0.453 e. The molecule has 1 saturated carbocycles. The number of carbonyl (C=O) groups is 4. The third-order valence-corrected chi connectivity index (χ3v) is 15.6. The van der Waals surface area contributed by atoms with E-state index in [2.05, 4.69) is 89.0 Å². The number of alkyl carbamates (subject to hydrolysis) is 2. The van der Waals surface area contributed by atoms with Crippen molar-refractivity contribution in [3.05, 3.63) is 83.6 Å². The summed E-state index contributed by atoms with van der Waals surface area (Å²) in [6, 6.07) is 18.0. The SMILES string of the molecule is CC[C@H]1CC(c2ncc(-c3ccc(-c4ccc(-c5ccc6nc([C@@H]7CC[C@H](C)N7C(=O)[C@@H](NC(=O)OC)C(C)C)[nH]c6c5)c5c4C4CCC5C4)cc3)[nH]2)N(C(=O)[C@@H](NC(=O)OC)[C@@H](C)CC)C1. The van der Waals surface area contributed by atoms with Gasteiger partial charge in [-0.2, -0.15) is 0 Å². The maximum atomic E-state index is 14.1. The molecule has 2 aromatic heterocycles. The standard InChI is InChI=1S/C53H66N8O6/c1-9-29(5)47(59-53(65)67-8)50(62)60-27-31(10-2)23-43(60)48-54-26-41(57-48)33-14-12-32(13-15-33)37-19-20-38(45-36-17-16-35(24-36)44(37)45)34-18-21-39-40(25-34)56-49(55-39)42-22-11-30(6)61(42)51(63)46(28(3)4)58-52(64)66-7/h12-15,18-21,25-26,28-31,35-36,42-43,46-47H,9-11,16-17,22-24,27H2,1-8H3,(H,54,57)(H,55,56)(H,58,64)(H,59,65)/t29-,30-,31-,35?,36?,42-,43?,46-,47-/m0/s1. The molecule has 2 aliphatic heterocycles. The second-order valence-corrected chi connectivity index (χ2v) is 19.9. The van der Waals surface area contributed by atoms with E-state index in [4.69, 9.17) is 19.4 Å². The summed E-state index contributed by atoms with van der Waals surface area (Å²) in [6.45, 7) is 12.7. The summed E-state index contributed by atoms with van der Waals surface area (Å²) in [4.78, 5) is 73.5. The van der Waals surface area contributed by atoms with Gasteiger partial charge in [0.15, 0.2) is 0 Å². The number of nitrogens with one attached hydrogen (secondary N) is 4. The number of amides is 4. The minimum Gasteiger partial charge on any atom is -0.453 e. The zero-order valence-corrected chi connectivity index (χ0v) is 40.1. The highest BCUT2D eigenvalue weighted by Gasteiger charge is 2.44. The number of aromatic nitrogens is 4. The van der Waals surface area contributed by atoms with Crippen molar-refractivity contribution in [2.45, 2.75) is 135 Å². The lowest BCUT2D eigenvalue weighted by Gasteiger charge is -2.32. The van der Waals surface area contributed by atoms with Crippen LogP contribution in [0.4, 0.5) is 9.59 Å². The molecule has 14 heteroatoms. The summed E-state index contributed by atoms with van der Waals surface area (Å²) in [5.41, 5.74) is 11.6. The van der Waals surface area contributed by atoms with Crippen molar-refractivity contribution in [3.63, 3.8) is 0 Å². The van der Waals surface area contributed by atoms with E-state index in [0.717, 1.165) is 71.6 Å². The molecule has 3 fully saturated rings. The van der Waals surface area contributed by atoms with Gasteiger partial charge in [-0.25, -0.2) is 19.6 Å². The number of benzene rings is 3. The number of carbonyl (C=O) groups excluding carboxylic acids is 4. The molecule has 3 aromatic carbocycles. The molecule has 4 amide bonds. The molecule has 14 nitrogen and oxygen atoms in total. The van der Waals surface area contributed by atoms with Crippen LogP contribution in [0.25, 0.3) is 44.5 Å². The summed E-state index contributed by atoms with van der Waals surface area (Å²) in [6.07, 6.45) is 8.33. The van der Waals surface area contributed by atoms with Gasteiger partial charge in [0.05, 0.1) is 49.2 Å². The average molecular weight is 911 g/mol. The predicted molar refractivity (Wildman–Crippen MR) is 258 cm³/mol. The van der Waals surface area contributed by atoms with Crippen LogP contribution < -0.4 is 10.6 Å². The molecule has 3 unspecified atom stereocenters. The van der Waals surface area contributed by atoms with E-state index in [-0.39, 0.29) is 41.8 Å². The molecule has 4 N–H and O–H groups in total. The van der Waals surface area contributed by atoms with Gasteiger partial charge in [-0.05, 0) is 126 Å². The van der Waals surface area contributed by atoms with Crippen LogP contribution in [0, 0.1) is 17.8 Å². The quantitative estimate of drug-likeness (QED) is 0.0903.